The van der Waals surface area contributed by atoms with Crippen LogP contribution in [0.25, 0.3) is 5.95 Å². The zero-order chi connectivity index (χ0) is 15.1. The quantitative estimate of drug-likeness (QED) is 0.352. The van der Waals surface area contributed by atoms with Gasteiger partial charge in [-0.2, -0.15) is 20.1 Å². The van der Waals surface area contributed by atoms with Crippen LogP contribution in [0.2, 0.25) is 0 Å². The number of nitrogens with one attached hydrogen (secondary N) is 1. The van der Waals surface area contributed by atoms with E-state index >= 15 is 0 Å². The lowest BCUT2D eigenvalue weighted by atomic mass is 10.2. The number of nitrogens with zero attached hydrogens (tertiary/aromatic N) is 6. The van der Waals surface area contributed by atoms with E-state index < -0.39 is 0 Å². The first-order chi connectivity index (χ1) is 10.2. The molecule has 0 saturated carbocycles. The third kappa shape index (κ3) is 4.10. The van der Waals surface area contributed by atoms with Gasteiger partial charge in [-0.3, -0.25) is 5.43 Å². The number of aromatic nitrogens is 5. The van der Waals surface area contributed by atoms with Crippen LogP contribution in [0.4, 0.5) is 11.9 Å². The van der Waals surface area contributed by atoms with Gasteiger partial charge in [-0.15, -0.1) is 0 Å². The van der Waals surface area contributed by atoms with E-state index in [1.807, 2.05) is 11.9 Å². The molecule has 0 aliphatic carbocycles. The Morgan fingerprint density at radius 1 is 1.29 bits per heavy atom. The minimum Gasteiger partial charge on any atom is -0.396 e. The molecule has 0 atom stereocenters. The molecule has 21 heavy (non-hydrogen) atoms. The molecule has 0 saturated heterocycles. The number of hydrogen-bond donors (Lipinski definition) is 3. The van der Waals surface area contributed by atoms with Gasteiger partial charge in [-0.25, -0.2) is 10.5 Å². The maximum absolute atomic E-state index is 8.78. The number of aliphatic hydroxyl groups excluding tert-OH is 1. The highest BCUT2D eigenvalue weighted by Gasteiger charge is 2.11. The number of unbranched alkanes of at least 4 members (excludes halogenated alkanes) is 2. The van der Waals surface area contributed by atoms with Crippen LogP contribution in [0, 0.1) is 0 Å². The first-order valence-electron chi connectivity index (χ1n) is 6.79. The van der Waals surface area contributed by atoms with Gasteiger partial charge in [0.15, 0.2) is 0 Å². The van der Waals surface area contributed by atoms with E-state index in [0.29, 0.717) is 11.9 Å². The van der Waals surface area contributed by atoms with Crippen molar-refractivity contribution < 1.29 is 5.11 Å². The summed E-state index contributed by atoms with van der Waals surface area (Å²) in [6, 6.07) is 1.79. The molecule has 9 nitrogen and oxygen atoms in total. The Morgan fingerprint density at radius 3 is 2.81 bits per heavy atom. The number of anilines is 2. The fourth-order valence-electron chi connectivity index (χ4n) is 1.82. The molecule has 0 radical (unpaired) electrons. The Morgan fingerprint density at radius 2 is 2.14 bits per heavy atom. The van der Waals surface area contributed by atoms with Crippen molar-refractivity contribution in [2.75, 3.05) is 30.5 Å². The Hall–Kier alpha value is -2.26. The summed E-state index contributed by atoms with van der Waals surface area (Å²) in [4.78, 5) is 14.7. The SMILES string of the molecule is CN(CCCCCO)c1nc(NN)nc(-n2cccn2)n1. The Kier molecular flexibility index (Phi) is 5.41. The largest absolute Gasteiger partial charge is 0.396 e. The van der Waals surface area contributed by atoms with Crippen molar-refractivity contribution in [1.82, 2.24) is 24.7 Å². The molecule has 0 bridgehead atoms. The summed E-state index contributed by atoms with van der Waals surface area (Å²) in [6.45, 7) is 1.01. The van der Waals surface area contributed by atoms with Gasteiger partial charge in [0.2, 0.25) is 11.9 Å². The minimum absolute atomic E-state index is 0.222. The van der Waals surface area contributed by atoms with E-state index in [4.69, 9.17) is 10.9 Å². The molecule has 0 aliphatic rings. The smallest absolute Gasteiger partial charge is 0.257 e. The number of hydrogen-bond acceptors (Lipinski definition) is 8. The van der Waals surface area contributed by atoms with E-state index in [9.17, 15) is 0 Å². The van der Waals surface area contributed by atoms with Crippen LogP contribution < -0.4 is 16.2 Å². The summed E-state index contributed by atoms with van der Waals surface area (Å²) in [5, 5.41) is 12.9. The fourth-order valence-corrected chi connectivity index (χ4v) is 1.82. The molecule has 0 aliphatic heterocycles. The molecule has 2 aromatic heterocycles. The summed E-state index contributed by atoms with van der Waals surface area (Å²) in [5.41, 5.74) is 2.44. The first kappa shape index (κ1) is 15.1. The van der Waals surface area contributed by atoms with Crippen molar-refractivity contribution in [3.8, 4) is 5.95 Å². The number of hydrazine groups is 1. The molecule has 114 valence electrons. The number of rotatable bonds is 8. The Labute approximate surface area is 122 Å². The van der Waals surface area contributed by atoms with Crippen molar-refractivity contribution in [1.29, 1.82) is 0 Å². The highest BCUT2D eigenvalue weighted by Crippen LogP contribution is 2.12. The second kappa shape index (κ2) is 7.50. The van der Waals surface area contributed by atoms with Gasteiger partial charge in [-0.1, -0.05) is 0 Å². The first-order valence-corrected chi connectivity index (χ1v) is 6.79. The summed E-state index contributed by atoms with van der Waals surface area (Å²) in [6.07, 6.45) is 6.11. The maximum atomic E-state index is 8.78. The number of nitrogens with two attached hydrogens (primary N) is 1. The van der Waals surface area contributed by atoms with Crippen LogP contribution in [0.15, 0.2) is 18.5 Å². The van der Waals surface area contributed by atoms with Crippen LogP contribution in [-0.2, 0) is 0 Å². The highest BCUT2D eigenvalue weighted by atomic mass is 16.2. The molecule has 0 aromatic carbocycles. The molecule has 4 N–H and O–H groups in total. The van der Waals surface area contributed by atoms with Crippen LogP contribution >= 0.6 is 0 Å². The number of aliphatic hydroxyl groups is 1. The predicted molar refractivity (Wildman–Crippen MR) is 79.0 cm³/mol. The summed E-state index contributed by atoms with van der Waals surface area (Å²) >= 11 is 0. The molecule has 2 heterocycles. The lowest BCUT2D eigenvalue weighted by Gasteiger charge is -2.17. The van der Waals surface area contributed by atoms with Crippen molar-refractivity contribution in [2.24, 2.45) is 5.84 Å². The van der Waals surface area contributed by atoms with Crippen molar-refractivity contribution >= 4 is 11.9 Å². The third-order valence-corrected chi connectivity index (χ3v) is 2.94. The average Bonchev–Trinajstić information content (AvgIpc) is 3.05. The van der Waals surface area contributed by atoms with E-state index in [-0.39, 0.29) is 12.6 Å². The summed E-state index contributed by atoms with van der Waals surface area (Å²) in [5.74, 6) is 6.61. The number of nitrogen functional groups attached to an aromatic ring is 1. The van der Waals surface area contributed by atoms with Crippen LogP contribution in [-0.4, -0.2) is 50.0 Å². The van der Waals surface area contributed by atoms with Gasteiger partial charge < -0.3 is 10.0 Å². The molecule has 0 unspecified atom stereocenters. The normalized spacial score (nSPS) is 10.6. The van der Waals surface area contributed by atoms with E-state index in [1.165, 1.54) is 0 Å². The lowest BCUT2D eigenvalue weighted by molar-refractivity contribution is 0.283. The van der Waals surface area contributed by atoms with Crippen LogP contribution in [0.5, 0.6) is 0 Å². The molecular formula is C12H20N8O. The Bertz CT molecular complexity index is 544. The Balaban J connectivity index is 2.13. The maximum Gasteiger partial charge on any atom is 0.257 e. The summed E-state index contributed by atoms with van der Waals surface area (Å²) in [7, 11) is 1.90. The van der Waals surface area contributed by atoms with E-state index in [0.717, 1.165) is 25.8 Å². The van der Waals surface area contributed by atoms with E-state index in [1.54, 1.807) is 23.1 Å². The second-order valence-corrected chi connectivity index (χ2v) is 4.56. The van der Waals surface area contributed by atoms with Crippen molar-refractivity contribution in [3.05, 3.63) is 18.5 Å². The van der Waals surface area contributed by atoms with Crippen molar-refractivity contribution in [3.63, 3.8) is 0 Å². The highest BCUT2D eigenvalue weighted by molar-refractivity contribution is 5.38. The molecule has 2 aromatic rings. The van der Waals surface area contributed by atoms with Gasteiger partial charge in [-0.05, 0) is 25.3 Å². The van der Waals surface area contributed by atoms with Gasteiger partial charge in [0.05, 0.1) is 0 Å². The zero-order valence-corrected chi connectivity index (χ0v) is 12.0. The van der Waals surface area contributed by atoms with Gasteiger partial charge in [0, 0.05) is 32.6 Å². The van der Waals surface area contributed by atoms with Gasteiger partial charge in [0.25, 0.3) is 5.95 Å². The van der Waals surface area contributed by atoms with Crippen LogP contribution in [0.1, 0.15) is 19.3 Å². The van der Waals surface area contributed by atoms with Crippen LogP contribution in [0.3, 0.4) is 0 Å². The molecule has 0 amide bonds. The van der Waals surface area contributed by atoms with Gasteiger partial charge >= 0.3 is 0 Å². The third-order valence-electron chi connectivity index (χ3n) is 2.94. The van der Waals surface area contributed by atoms with Crippen molar-refractivity contribution in [2.45, 2.75) is 19.3 Å². The summed E-state index contributed by atoms with van der Waals surface area (Å²) < 4.78 is 1.55. The monoisotopic (exact) mass is 292 g/mol. The molecule has 0 fully saturated rings. The standard InChI is InChI=1S/C12H20N8O/c1-19(7-3-2-4-9-21)11-15-10(18-13)16-12(17-11)20-8-5-6-14-20/h5-6,8,21H,2-4,7,9,13H2,1H3,(H,15,16,17,18). The predicted octanol–water partition coefficient (Wildman–Crippen LogP) is -0.0583. The molecular weight excluding hydrogens is 272 g/mol. The minimum atomic E-state index is 0.222. The zero-order valence-electron chi connectivity index (χ0n) is 12.0. The van der Waals surface area contributed by atoms with Gasteiger partial charge in [0.1, 0.15) is 0 Å². The molecule has 9 heteroatoms. The van der Waals surface area contributed by atoms with E-state index in [2.05, 4.69) is 25.5 Å². The second-order valence-electron chi connectivity index (χ2n) is 4.56. The topological polar surface area (TPSA) is 118 Å². The lowest BCUT2D eigenvalue weighted by Crippen LogP contribution is -2.24. The fraction of sp³-hybridized carbons (Fsp3) is 0.500. The molecule has 2 rings (SSSR count). The average molecular weight is 292 g/mol. The molecule has 0 spiro atoms.